The van der Waals surface area contributed by atoms with Crippen molar-refractivity contribution in [3.8, 4) is 0 Å². The Labute approximate surface area is 200 Å². The van der Waals surface area contributed by atoms with Crippen LogP contribution in [0.2, 0.25) is 0 Å². The minimum atomic E-state index is -1.74. The third kappa shape index (κ3) is 21.2. The molecule has 0 aromatic rings. The first kappa shape index (κ1) is 29.9. The molecule has 0 fully saturated rings. The van der Waals surface area contributed by atoms with Crippen molar-refractivity contribution in [1.29, 1.82) is 0 Å². The molecule has 0 aliphatic carbocycles. The van der Waals surface area contributed by atoms with Crippen LogP contribution in [0, 0.1) is 0 Å². The van der Waals surface area contributed by atoms with Crippen LogP contribution in [0.4, 0.5) is 4.79 Å². The number of nitrogens with one attached hydrogen (secondary N) is 1. The number of carbonyl (C=O) groups is 2. The summed E-state index contributed by atoms with van der Waals surface area (Å²) in [6.45, 7) is 3.05. The molecule has 6 nitrogen and oxygen atoms in total. The number of hydrogen-bond acceptors (Lipinski definition) is 5. The number of carbonyl (C=O) groups excluding carboxylic acids is 1. The lowest BCUT2D eigenvalue weighted by Gasteiger charge is -2.16. The third-order valence-corrected chi connectivity index (χ3v) is 5.61. The highest BCUT2D eigenvalue weighted by molar-refractivity contribution is 7.99. The molecule has 0 aliphatic rings. The Morgan fingerprint density at radius 3 is 2.07 bits per heavy atom. The Balaban J connectivity index is 3.57. The molecule has 0 unspecified atom stereocenters. The maximum Gasteiger partial charge on any atom is 0.408 e. The van der Waals surface area contributed by atoms with Crippen LogP contribution >= 0.6 is 46.6 Å². The zero-order valence-electron chi connectivity index (χ0n) is 17.8. The Morgan fingerprint density at radius 2 is 1.53 bits per heavy atom. The fourth-order valence-electron chi connectivity index (χ4n) is 2.62. The summed E-state index contributed by atoms with van der Waals surface area (Å²) in [5, 5.41) is 11.4. The number of carboxylic acids is 1. The van der Waals surface area contributed by atoms with Gasteiger partial charge < -0.3 is 19.9 Å². The van der Waals surface area contributed by atoms with E-state index in [9.17, 15) is 14.7 Å². The minimum absolute atomic E-state index is 0.194. The van der Waals surface area contributed by atoms with E-state index in [-0.39, 0.29) is 5.75 Å². The second-order valence-corrected chi connectivity index (χ2v) is 10.8. The summed E-state index contributed by atoms with van der Waals surface area (Å²) in [5.41, 5.74) is 0. The summed E-state index contributed by atoms with van der Waals surface area (Å²) in [7, 11) is 0. The number of thioether (sulfide) groups is 1. The van der Waals surface area contributed by atoms with Crippen molar-refractivity contribution in [2.45, 2.75) is 81.0 Å². The van der Waals surface area contributed by atoms with E-state index in [4.69, 9.17) is 39.5 Å². The molecule has 0 rings (SSSR count). The molecule has 0 spiro atoms. The number of ether oxygens (including phenoxy) is 2. The molecule has 2 N–H and O–H groups in total. The molecule has 1 amide bonds. The Bertz CT molecular complexity index is 453. The number of amides is 1. The first-order valence-corrected chi connectivity index (χ1v) is 12.9. The monoisotopic (exact) mass is 507 g/mol. The molecule has 1 atom stereocenters. The molecule has 0 saturated heterocycles. The van der Waals surface area contributed by atoms with Crippen LogP contribution in [0.1, 0.15) is 71.1 Å². The van der Waals surface area contributed by atoms with Gasteiger partial charge in [0.15, 0.2) is 0 Å². The number of alkyl carbamates (subject to hydrolysis) is 1. The SMILES string of the molecule is CCCCCCCCCCCCOCCSC[C@H](NC(=O)OCC(Cl)(Cl)Cl)C(=O)O. The summed E-state index contributed by atoms with van der Waals surface area (Å²) >= 11 is 17.8. The first-order valence-electron chi connectivity index (χ1n) is 10.6. The molecule has 0 aromatic carbocycles. The van der Waals surface area contributed by atoms with Crippen molar-refractivity contribution in [2.24, 2.45) is 0 Å². The second kappa shape index (κ2) is 19.6. The van der Waals surface area contributed by atoms with Crippen LogP contribution in [-0.4, -0.2) is 58.3 Å². The topological polar surface area (TPSA) is 84.9 Å². The van der Waals surface area contributed by atoms with E-state index >= 15 is 0 Å². The van der Waals surface area contributed by atoms with Crippen molar-refractivity contribution < 1.29 is 24.2 Å². The van der Waals surface area contributed by atoms with Crippen molar-refractivity contribution in [2.75, 3.05) is 31.3 Å². The van der Waals surface area contributed by atoms with Gasteiger partial charge in [-0.3, -0.25) is 0 Å². The van der Waals surface area contributed by atoms with Gasteiger partial charge in [0.25, 0.3) is 0 Å². The lowest BCUT2D eigenvalue weighted by molar-refractivity contribution is -0.138. The van der Waals surface area contributed by atoms with E-state index in [0.29, 0.717) is 12.4 Å². The predicted molar refractivity (Wildman–Crippen MR) is 126 cm³/mol. The number of alkyl halides is 3. The standard InChI is InChI=1S/C20H36Cl3NO5S/c1-2-3-4-5-6-7-8-9-10-11-12-28-13-14-30-15-17(18(25)26)24-19(27)29-16-20(21,22)23/h17H,2-16H2,1H3,(H,24,27)(H,25,26)/t17-/m0/s1. The number of halogens is 3. The van der Waals surface area contributed by atoms with E-state index in [1.54, 1.807) is 0 Å². The van der Waals surface area contributed by atoms with Crippen molar-refractivity contribution in [1.82, 2.24) is 5.32 Å². The number of aliphatic carboxylic acids is 1. The van der Waals surface area contributed by atoms with E-state index < -0.39 is 28.5 Å². The van der Waals surface area contributed by atoms with Gasteiger partial charge in [0.2, 0.25) is 3.79 Å². The van der Waals surface area contributed by atoms with Gasteiger partial charge in [-0.15, -0.1) is 0 Å². The van der Waals surface area contributed by atoms with Crippen molar-refractivity contribution >= 4 is 58.6 Å². The summed E-state index contributed by atoms with van der Waals surface area (Å²) in [5.74, 6) is -0.314. The maximum absolute atomic E-state index is 11.6. The molecule has 0 saturated carbocycles. The fourth-order valence-corrected chi connectivity index (χ4v) is 3.65. The van der Waals surface area contributed by atoms with Crippen molar-refractivity contribution in [3.63, 3.8) is 0 Å². The first-order chi connectivity index (χ1) is 14.3. The summed E-state index contributed by atoms with van der Waals surface area (Å²) in [6, 6.07) is -1.08. The average molecular weight is 509 g/mol. The van der Waals surface area contributed by atoms with Gasteiger partial charge in [0, 0.05) is 18.1 Å². The molecule has 178 valence electrons. The quantitative estimate of drug-likeness (QED) is 0.159. The molecule has 10 heteroatoms. The molecule has 0 bridgehead atoms. The van der Waals surface area contributed by atoms with Crippen molar-refractivity contribution in [3.05, 3.63) is 0 Å². The lowest BCUT2D eigenvalue weighted by Crippen LogP contribution is -2.43. The Morgan fingerprint density at radius 1 is 0.967 bits per heavy atom. The predicted octanol–water partition coefficient (Wildman–Crippen LogP) is 6.21. The van der Waals surface area contributed by atoms with Gasteiger partial charge in [-0.25, -0.2) is 9.59 Å². The zero-order chi connectivity index (χ0) is 22.7. The van der Waals surface area contributed by atoms with E-state index in [2.05, 4.69) is 17.0 Å². The van der Waals surface area contributed by atoms with Crippen LogP contribution < -0.4 is 5.32 Å². The lowest BCUT2D eigenvalue weighted by atomic mass is 10.1. The maximum atomic E-state index is 11.6. The molecule has 0 radical (unpaired) electrons. The molecule has 0 aromatic heterocycles. The van der Waals surface area contributed by atoms with Gasteiger partial charge in [-0.05, 0) is 6.42 Å². The van der Waals surface area contributed by atoms with Crippen LogP contribution in [0.15, 0.2) is 0 Å². The summed E-state index contributed by atoms with van der Waals surface area (Å²) < 4.78 is 8.51. The van der Waals surface area contributed by atoms with Gasteiger partial charge in [0.05, 0.1) is 6.61 Å². The molecular weight excluding hydrogens is 473 g/mol. The highest BCUT2D eigenvalue weighted by Crippen LogP contribution is 2.25. The fraction of sp³-hybridized carbons (Fsp3) is 0.900. The molecular formula is C20H36Cl3NO5S. The highest BCUT2D eigenvalue weighted by atomic mass is 35.6. The van der Waals surface area contributed by atoms with E-state index in [0.717, 1.165) is 13.0 Å². The van der Waals surface area contributed by atoms with Crippen LogP contribution in [0.3, 0.4) is 0 Å². The van der Waals surface area contributed by atoms with Gasteiger partial charge in [0.1, 0.15) is 12.6 Å². The Hall–Kier alpha value is -0.0800. The smallest absolute Gasteiger partial charge is 0.408 e. The molecule has 30 heavy (non-hydrogen) atoms. The molecule has 0 heterocycles. The number of rotatable bonds is 19. The minimum Gasteiger partial charge on any atom is -0.480 e. The highest BCUT2D eigenvalue weighted by Gasteiger charge is 2.25. The van der Waals surface area contributed by atoms with E-state index in [1.807, 2.05) is 0 Å². The molecule has 0 aliphatic heterocycles. The van der Waals surface area contributed by atoms with Crippen LogP contribution in [-0.2, 0) is 14.3 Å². The Kier molecular flexibility index (Phi) is 19.5. The largest absolute Gasteiger partial charge is 0.480 e. The third-order valence-electron chi connectivity index (χ3n) is 4.26. The second-order valence-electron chi connectivity index (χ2n) is 7.10. The number of unbranched alkanes of at least 4 members (excludes halogenated alkanes) is 9. The van der Waals surface area contributed by atoms with Gasteiger partial charge in [-0.1, -0.05) is 99.5 Å². The van der Waals surface area contributed by atoms with E-state index in [1.165, 1.54) is 69.5 Å². The normalized spacial score (nSPS) is 12.5. The van der Waals surface area contributed by atoms with Crippen LogP contribution in [0.5, 0.6) is 0 Å². The van der Waals surface area contributed by atoms with Crippen LogP contribution in [0.25, 0.3) is 0 Å². The summed E-state index contributed by atoms with van der Waals surface area (Å²) in [6.07, 6.45) is 11.9. The van der Waals surface area contributed by atoms with Gasteiger partial charge in [-0.2, -0.15) is 11.8 Å². The van der Waals surface area contributed by atoms with Gasteiger partial charge >= 0.3 is 12.1 Å². The summed E-state index contributed by atoms with van der Waals surface area (Å²) in [4.78, 5) is 22.8. The number of hydrogen-bond donors (Lipinski definition) is 2. The number of carboxylic acid groups (broad SMARTS) is 1. The zero-order valence-corrected chi connectivity index (χ0v) is 20.9. The average Bonchev–Trinajstić information content (AvgIpc) is 2.67.